The summed E-state index contributed by atoms with van der Waals surface area (Å²) < 4.78 is 0. The van der Waals surface area contributed by atoms with Crippen LogP contribution in [-0.4, -0.2) is 48.3 Å². The zero-order valence-electron chi connectivity index (χ0n) is 46.8. The maximum absolute atomic E-state index is 2.51. The van der Waals surface area contributed by atoms with E-state index in [2.05, 4.69) is 52.2 Å². The van der Waals surface area contributed by atoms with Crippen LogP contribution in [-0.2, 0) is 0 Å². The number of fused-ring (bicyclic) bond motifs is 1. The fourth-order valence-corrected chi connectivity index (χ4v) is 91.4. The zero-order valence-corrected chi connectivity index (χ0v) is 50.3. The molecule has 0 aromatic carbocycles. The van der Waals surface area contributed by atoms with E-state index in [1.54, 1.807) is 160 Å². The Kier molecular flexibility index (Phi) is 31.6. The minimum atomic E-state index is -1.31. The van der Waals surface area contributed by atoms with Gasteiger partial charge in [0.1, 0.15) is 0 Å². The van der Waals surface area contributed by atoms with Crippen molar-refractivity contribution in [3.63, 3.8) is 0 Å². The van der Waals surface area contributed by atoms with E-state index in [1.807, 2.05) is 24.6 Å². The van der Waals surface area contributed by atoms with Gasteiger partial charge in [-0.3, -0.25) is 0 Å². The normalized spacial score (nSPS) is 21.7. The molecule has 4 aliphatic heterocycles. The number of unbranched alkanes of at least 4 members (excludes halogenated alkanes) is 30. The first-order valence-corrected chi connectivity index (χ1v) is 42.3. The van der Waals surface area contributed by atoms with Crippen molar-refractivity contribution in [2.45, 2.75) is 342 Å². The Balaban J connectivity index is 2.08. The third-order valence-electron chi connectivity index (χ3n) is 19.1. The van der Waals surface area contributed by atoms with E-state index >= 15 is 0 Å². The smallest absolute Gasteiger partial charge is 0.00571 e. The predicted octanol–water partition coefficient (Wildman–Crippen LogP) is 24.9. The highest BCUT2D eigenvalue weighted by Crippen LogP contribution is 3.12. The summed E-state index contributed by atoms with van der Waals surface area (Å²) in [6.45, 7) is 12.1. The first-order chi connectivity index (χ1) is 32.5. The van der Waals surface area contributed by atoms with E-state index in [-0.39, 0.29) is 0 Å². The van der Waals surface area contributed by atoms with E-state index in [4.69, 9.17) is 0 Å². The molecule has 0 nitrogen and oxygen atoms in total. The van der Waals surface area contributed by atoms with Gasteiger partial charge in [0.05, 0.1) is 0 Å². The Bertz CT molecular complexity index is 1390. The topological polar surface area (TPSA) is 0 Å². The average molecular weight is 994 g/mol. The molecule has 4 rings (SSSR count). The zero-order chi connectivity index (χ0) is 47.1. The monoisotopic (exact) mass is 993 g/mol. The molecule has 0 saturated carbocycles. The van der Waals surface area contributed by atoms with Crippen LogP contribution in [0.1, 0.15) is 337 Å². The maximum atomic E-state index is 2.51. The molecule has 392 valence electrons. The lowest BCUT2D eigenvalue weighted by Crippen LogP contribution is -2.29. The molecule has 66 heavy (non-hydrogen) atoms. The summed E-state index contributed by atoms with van der Waals surface area (Å²) in [4.78, 5) is 0. The largest absolute Gasteiger partial charge is 0.0811 e. The number of hydrogen-bond donors (Lipinski definition) is 0. The second kappa shape index (κ2) is 34.8. The first-order valence-electron chi connectivity index (χ1n) is 31.7. The minimum absolute atomic E-state index is 0.747. The van der Waals surface area contributed by atoms with Gasteiger partial charge in [-0.05, 0) is 149 Å². The van der Waals surface area contributed by atoms with Crippen LogP contribution in [0.25, 0.3) is 0 Å². The molecule has 1 atom stereocenters. The molecule has 0 bridgehead atoms. The SMILES string of the molecule is CCCCCCCCC1=C(CCCCCCCC)P2(=P3(CCCC3)P3(=P1(CCCCCCCC)CCCCCCCC)CCCC3)CCCC2(CCCCCCCC)CCCCCCCC. The Morgan fingerprint density at radius 1 is 0.303 bits per heavy atom. The van der Waals surface area contributed by atoms with Crippen LogP contribution in [0.3, 0.4) is 0 Å². The van der Waals surface area contributed by atoms with E-state index < -0.39 is 25.6 Å². The molecule has 0 aromatic heterocycles. The second-order valence-electron chi connectivity index (χ2n) is 23.8. The van der Waals surface area contributed by atoms with Crippen molar-refractivity contribution in [2.75, 3.05) is 43.1 Å². The highest BCUT2D eigenvalue weighted by atomic mass is 32.5. The standard InChI is InChI=1S/C62H124P4/c1-7-13-19-25-31-37-48-60-61(49-38-32-26-20-14-8-2)66(59-47-52-62(66,50-39-33-27-21-15-9-3)51-40-34-28-22-16-10-4)65(57-45-46-58-65)64(55-43-44-56-64)63(60,53-41-35-29-23-17-11-5)54-42-36-30-24-18-12-6/h7-59H2,1-6H3. The van der Waals surface area contributed by atoms with Crippen molar-refractivity contribution < 1.29 is 0 Å². The summed E-state index contributed by atoms with van der Waals surface area (Å²) in [6.07, 6.45) is 81.5. The summed E-state index contributed by atoms with van der Waals surface area (Å²) >= 11 is 0. The van der Waals surface area contributed by atoms with Crippen LogP contribution in [0.2, 0.25) is 0 Å². The van der Waals surface area contributed by atoms with Gasteiger partial charge in [-0.2, -0.15) is 0 Å². The van der Waals surface area contributed by atoms with Gasteiger partial charge in [0.2, 0.25) is 0 Å². The Morgan fingerprint density at radius 3 is 1.02 bits per heavy atom. The van der Waals surface area contributed by atoms with Crippen LogP contribution in [0.4, 0.5) is 0 Å². The molecule has 4 aliphatic rings. The molecule has 3 fully saturated rings. The molecule has 0 N–H and O–H groups in total. The van der Waals surface area contributed by atoms with Gasteiger partial charge in [-0.25, -0.2) is 0 Å². The van der Waals surface area contributed by atoms with Gasteiger partial charge in [0.15, 0.2) is 0 Å². The van der Waals surface area contributed by atoms with Gasteiger partial charge in [-0.1, -0.05) is 273 Å². The molecule has 0 aromatic rings. The number of rotatable bonds is 42. The number of allylic oxidation sites excluding steroid dienone is 2. The maximum Gasteiger partial charge on any atom is -0.00571 e. The summed E-state index contributed by atoms with van der Waals surface area (Å²) in [5, 5.41) is 5.75. The predicted molar refractivity (Wildman–Crippen MR) is 318 cm³/mol. The van der Waals surface area contributed by atoms with Crippen LogP contribution in [0, 0.1) is 0 Å². The number of hydrogen-bond acceptors (Lipinski definition) is 0. The summed E-state index contributed by atoms with van der Waals surface area (Å²) in [5.41, 5.74) is 0. The van der Waals surface area contributed by atoms with E-state index in [1.165, 1.54) is 154 Å². The van der Waals surface area contributed by atoms with Crippen molar-refractivity contribution in [3.05, 3.63) is 10.6 Å². The molecule has 0 radical (unpaired) electrons. The molecule has 3 saturated heterocycles. The summed E-state index contributed by atoms with van der Waals surface area (Å²) in [6, 6.07) is 0. The first kappa shape index (κ1) is 60.0. The average Bonchev–Trinajstić information content (AvgIpc) is 4.12. The molecule has 4 heterocycles. The third-order valence-corrected chi connectivity index (χ3v) is 70.5. The Morgan fingerprint density at radius 2 is 0.621 bits per heavy atom. The van der Waals surface area contributed by atoms with Crippen LogP contribution in [0.5, 0.6) is 0 Å². The summed E-state index contributed by atoms with van der Waals surface area (Å²) in [7, 11) is 0. The Hall–Kier alpha value is 1.46. The van der Waals surface area contributed by atoms with Gasteiger partial charge >= 0.3 is 0 Å². The molecular weight excluding hydrogens is 869 g/mol. The van der Waals surface area contributed by atoms with Crippen LogP contribution in [0.15, 0.2) is 10.6 Å². The molecule has 0 aliphatic carbocycles. The molecule has 0 amide bonds. The quantitative estimate of drug-likeness (QED) is 0.0422. The minimum Gasteiger partial charge on any atom is -0.0811 e. The summed E-state index contributed by atoms with van der Waals surface area (Å²) in [5.74, 6) is 0. The van der Waals surface area contributed by atoms with Gasteiger partial charge in [0, 0.05) is 0 Å². The lowest BCUT2D eigenvalue weighted by Gasteiger charge is -2.62. The van der Waals surface area contributed by atoms with E-state index in [0.717, 1.165) is 5.16 Å². The van der Waals surface area contributed by atoms with Crippen molar-refractivity contribution in [3.8, 4) is 0 Å². The molecule has 4 heteroatoms. The van der Waals surface area contributed by atoms with Crippen molar-refractivity contribution in [1.29, 1.82) is 0 Å². The fraction of sp³-hybridized carbons (Fsp3) is 0.968. The lowest BCUT2D eigenvalue weighted by atomic mass is 9.90. The van der Waals surface area contributed by atoms with Crippen molar-refractivity contribution in [2.24, 2.45) is 0 Å². The Labute approximate surface area is 419 Å². The van der Waals surface area contributed by atoms with E-state index in [0.29, 0.717) is 0 Å². The lowest BCUT2D eigenvalue weighted by molar-refractivity contribution is 0.424. The molecular formula is C62H124P4. The second-order valence-corrected chi connectivity index (χ2v) is 51.2. The van der Waals surface area contributed by atoms with Crippen molar-refractivity contribution >= 4 is 25.6 Å². The molecule has 1 unspecified atom stereocenters. The van der Waals surface area contributed by atoms with Crippen LogP contribution < -0.4 is 0 Å². The van der Waals surface area contributed by atoms with Gasteiger partial charge < -0.3 is 0 Å². The van der Waals surface area contributed by atoms with E-state index in [9.17, 15) is 0 Å². The van der Waals surface area contributed by atoms with Gasteiger partial charge in [-0.15, -0.1) is 0 Å². The fourth-order valence-electron chi connectivity index (χ4n) is 15.8. The third kappa shape index (κ3) is 15.7. The molecule has 3 spiro atoms. The highest BCUT2D eigenvalue weighted by molar-refractivity contribution is 8.70. The van der Waals surface area contributed by atoms with Crippen molar-refractivity contribution in [1.82, 2.24) is 0 Å². The van der Waals surface area contributed by atoms with Gasteiger partial charge in [0.25, 0.3) is 0 Å². The highest BCUT2D eigenvalue weighted by Gasteiger charge is 2.61. The van der Waals surface area contributed by atoms with Crippen LogP contribution >= 0.6 is 25.6 Å².